The fraction of sp³-hybridized carbons (Fsp3) is 0.400. The van der Waals surface area contributed by atoms with Gasteiger partial charge in [0.05, 0.1) is 12.7 Å². The Balaban J connectivity index is 0.00000225. The summed E-state index contributed by atoms with van der Waals surface area (Å²) in [5.41, 5.74) is 7.71. The van der Waals surface area contributed by atoms with Crippen LogP contribution in [0.5, 0.6) is 0 Å². The second-order valence-corrected chi connectivity index (χ2v) is 3.53. The molecule has 0 radical (unpaired) electrons. The Morgan fingerprint density at radius 2 is 2.38 bits per heavy atom. The van der Waals surface area contributed by atoms with Crippen LogP contribution in [0.3, 0.4) is 0 Å². The number of nitrogens with zero attached hydrogens (tertiary/aromatic N) is 3. The maximum atomic E-state index is 5.65. The summed E-state index contributed by atoms with van der Waals surface area (Å²) < 4.78 is 1.74. The van der Waals surface area contributed by atoms with Gasteiger partial charge in [-0.15, -0.1) is 24.0 Å². The summed E-state index contributed by atoms with van der Waals surface area (Å²) in [7, 11) is 1.87. The van der Waals surface area contributed by atoms with E-state index in [0.29, 0.717) is 19.0 Å². The Morgan fingerprint density at radius 3 is 2.88 bits per heavy atom. The van der Waals surface area contributed by atoms with E-state index in [4.69, 9.17) is 5.73 Å². The molecule has 0 atom stereocenters. The van der Waals surface area contributed by atoms with Crippen molar-refractivity contribution in [2.24, 2.45) is 17.8 Å². The zero-order chi connectivity index (χ0) is 11.3. The average molecular weight is 335 g/mol. The van der Waals surface area contributed by atoms with E-state index >= 15 is 0 Å². The summed E-state index contributed by atoms with van der Waals surface area (Å²) in [6.45, 7) is 6.89. The molecule has 90 valence electrons. The van der Waals surface area contributed by atoms with Crippen molar-refractivity contribution in [2.75, 3.05) is 6.54 Å². The van der Waals surface area contributed by atoms with Gasteiger partial charge in [0, 0.05) is 25.4 Å². The molecule has 1 aromatic heterocycles. The fourth-order valence-corrected chi connectivity index (χ4v) is 1.03. The molecule has 1 heterocycles. The zero-order valence-corrected chi connectivity index (χ0v) is 11.9. The summed E-state index contributed by atoms with van der Waals surface area (Å²) in [6, 6.07) is 0. The number of guanidine groups is 1. The van der Waals surface area contributed by atoms with Gasteiger partial charge in [-0.05, 0) is 6.92 Å². The van der Waals surface area contributed by atoms with Gasteiger partial charge in [-0.2, -0.15) is 5.10 Å². The van der Waals surface area contributed by atoms with Crippen molar-refractivity contribution in [1.29, 1.82) is 0 Å². The van der Waals surface area contributed by atoms with Crippen LogP contribution < -0.4 is 11.1 Å². The Labute approximate surface area is 113 Å². The first-order chi connectivity index (χ1) is 7.08. The number of hydrogen-bond acceptors (Lipinski definition) is 2. The lowest BCUT2D eigenvalue weighted by Crippen LogP contribution is -2.32. The third kappa shape index (κ3) is 5.74. The summed E-state index contributed by atoms with van der Waals surface area (Å²) >= 11 is 0. The van der Waals surface area contributed by atoms with Crippen LogP contribution in [-0.4, -0.2) is 22.3 Å². The van der Waals surface area contributed by atoms with E-state index in [1.165, 1.54) is 0 Å². The first-order valence-electron chi connectivity index (χ1n) is 4.73. The van der Waals surface area contributed by atoms with Gasteiger partial charge in [0.15, 0.2) is 5.96 Å². The number of nitrogens with one attached hydrogen (secondary N) is 1. The van der Waals surface area contributed by atoms with Crippen molar-refractivity contribution >= 4 is 29.9 Å². The molecule has 0 amide bonds. The molecule has 0 aliphatic carbocycles. The molecule has 0 unspecified atom stereocenters. The fourth-order valence-electron chi connectivity index (χ4n) is 1.03. The second kappa shape index (κ2) is 7.26. The van der Waals surface area contributed by atoms with E-state index in [9.17, 15) is 0 Å². The van der Waals surface area contributed by atoms with Gasteiger partial charge in [-0.25, -0.2) is 4.99 Å². The number of nitrogens with two attached hydrogens (primary N) is 1. The molecule has 0 saturated carbocycles. The van der Waals surface area contributed by atoms with Crippen molar-refractivity contribution in [3.8, 4) is 0 Å². The van der Waals surface area contributed by atoms with Gasteiger partial charge < -0.3 is 11.1 Å². The Kier molecular flexibility index (Phi) is 6.78. The number of aromatic nitrogens is 2. The summed E-state index contributed by atoms with van der Waals surface area (Å²) in [5, 5.41) is 7.00. The summed E-state index contributed by atoms with van der Waals surface area (Å²) in [5.74, 6) is 0.432. The van der Waals surface area contributed by atoms with Crippen LogP contribution in [0.15, 0.2) is 29.5 Å². The molecule has 0 fully saturated rings. The monoisotopic (exact) mass is 335 g/mol. The van der Waals surface area contributed by atoms with Crippen molar-refractivity contribution in [1.82, 2.24) is 15.1 Å². The maximum Gasteiger partial charge on any atom is 0.189 e. The van der Waals surface area contributed by atoms with E-state index in [1.54, 1.807) is 10.9 Å². The zero-order valence-electron chi connectivity index (χ0n) is 9.60. The van der Waals surface area contributed by atoms with Gasteiger partial charge in [-0.1, -0.05) is 12.2 Å². The molecule has 3 N–H and O–H groups in total. The van der Waals surface area contributed by atoms with Gasteiger partial charge >= 0.3 is 0 Å². The number of aliphatic imine (C=N–C) groups is 1. The normalized spacial score (nSPS) is 10.8. The molecule has 0 saturated heterocycles. The van der Waals surface area contributed by atoms with Gasteiger partial charge in [0.2, 0.25) is 0 Å². The predicted octanol–water partition coefficient (Wildman–Crippen LogP) is 1.02. The van der Waals surface area contributed by atoms with Crippen LogP contribution in [0.25, 0.3) is 0 Å². The van der Waals surface area contributed by atoms with Gasteiger partial charge in [0.1, 0.15) is 0 Å². The lowest BCUT2D eigenvalue weighted by Gasteiger charge is -2.03. The molecule has 0 aliphatic heterocycles. The maximum absolute atomic E-state index is 5.65. The molecule has 1 rings (SSSR count). The SMILES string of the molecule is C=C(C)CNC(N)=NCc1cnn(C)c1.I. The second-order valence-electron chi connectivity index (χ2n) is 3.53. The first kappa shape index (κ1) is 14.9. The lowest BCUT2D eigenvalue weighted by molar-refractivity contribution is 0.766. The number of halogens is 1. The Bertz CT molecular complexity index is 369. The first-order valence-corrected chi connectivity index (χ1v) is 4.73. The largest absolute Gasteiger partial charge is 0.370 e. The molecule has 1 aromatic rings. The highest BCUT2D eigenvalue weighted by molar-refractivity contribution is 14.0. The van der Waals surface area contributed by atoms with E-state index in [-0.39, 0.29) is 24.0 Å². The smallest absolute Gasteiger partial charge is 0.189 e. The van der Waals surface area contributed by atoms with E-state index in [0.717, 1.165) is 11.1 Å². The molecule has 5 nitrogen and oxygen atoms in total. The molecule has 0 aliphatic rings. The van der Waals surface area contributed by atoms with Crippen LogP contribution >= 0.6 is 24.0 Å². The predicted molar refractivity (Wildman–Crippen MR) is 76.8 cm³/mol. The number of rotatable bonds is 4. The van der Waals surface area contributed by atoms with Crippen LogP contribution in [0, 0.1) is 0 Å². The standard InChI is InChI=1S/C10H17N5.HI/c1-8(2)4-12-10(11)13-5-9-6-14-15(3)7-9;/h6-7H,1,4-5H2,2-3H3,(H3,11,12,13);1H. The Morgan fingerprint density at radius 1 is 1.69 bits per heavy atom. The molecule has 6 heteroatoms. The van der Waals surface area contributed by atoms with Crippen LogP contribution in [0.2, 0.25) is 0 Å². The number of hydrogen-bond donors (Lipinski definition) is 2. The van der Waals surface area contributed by atoms with Crippen LogP contribution in [-0.2, 0) is 13.6 Å². The van der Waals surface area contributed by atoms with E-state index < -0.39 is 0 Å². The minimum atomic E-state index is 0. The van der Waals surface area contributed by atoms with Crippen molar-refractivity contribution in [3.63, 3.8) is 0 Å². The minimum absolute atomic E-state index is 0. The van der Waals surface area contributed by atoms with E-state index in [2.05, 4.69) is 22.0 Å². The van der Waals surface area contributed by atoms with Crippen molar-refractivity contribution in [3.05, 3.63) is 30.1 Å². The highest BCUT2D eigenvalue weighted by Crippen LogP contribution is 1.97. The summed E-state index contributed by atoms with van der Waals surface area (Å²) in [4.78, 5) is 4.17. The topological polar surface area (TPSA) is 68.2 Å². The summed E-state index contributed by atoms with van der Waals surface area (Å²) in [6.07, 6.45) is 3.69. The van der Waals surface area contributed by atoms with Crippen LogP contribution in [0.1, 0.15) is 12.5 Å². The third-order valence-corrected chi connectivity index (χ3v) is 1.76. The van der Waals surface area contributed by atoms with Crippen molar-refractivity contribution in [2.45, 2.75) is 13.5 Å². The third-order valence-electron chi connectivity index (χ3n) is 1.76. The van der Waals surface area contributed by atoms with Gasteiger partial charge in [0.25, 0.3) is 0 Å². The molecule has 0 aromatic carbocycles. The number of aryl methyl sites for hydroxylation is 1. The molecular formula is C10H18IN5. The Hall–Kier alpha value is -1.05. The highest BCUT2D eigenvalue weighted by atomic mass is 127. The highest BCUT2D eigenvalue weighted by Gasteiger charge is 1.95. The molecule has 16 heavy (non-hydrogen) atoms. The lowest BCUT2D eigenvalue weighted by atomic mass is 10.3. The molecule has 0 spiro atoms. The minimum Gasteiger partial charge on any atom is -0.370 e. The molecular weight excluding hydrogens is 317 g/mol. The van der Waals surface area contributed by atoms with Crippen LogP contribution in [0.4, 0.5) is 0 Å². The molecule has 0 bridgehead atoms. The quantitative estimate of drug-likeness (QED) is 0.374. The van der Waals surface area contributed by atoms with Crippen molar-refractivity contribution < 1.29 is 0 Å². The van der Waals surface area contributed by atoms with Gasteiger partial charge in [-0.3, -0.25) is 4.68 Å². The van der Waals surface area contributed by atoms with E-state index in [1.807, 2.05) is 20.2 Å². The average Bonchev–Trinajstić information content (AvgIpc) is 2.58.